The first-order chi connectivity index (χ1) is 9.74. The molecule has 3 N–H and O–H groups in total. The van der Waals surface area contributed by atoms with E-state index in [4.69, 9.17) is 0 Å². The summed E-state index contributed by atoms with van der Waals surface area (Å²) in [5.41, 5.74) is 0.514. The summed E-state index contributed by atoms with van der Waals surface area (Å²) < 4.78 is 0. The standard InChI is InChI=1S/C16H24N2O2/c19-10-14(13-6-2-1-3-7-13)18-9-5-4-8-15(18)16(20)11-17-12-16/h1-3,6-7,14-15,17,19-20H,4-5,8-12H2/t14-,15+/m1/s1. The lowest BCUT2D eigenvalue weighted by molar-refractivity contribution is -0.111. The first-order valence-corrected chi connectivity index (χ1v) is 7.59. The van der Waals surface area contributed by atoms with Crippen molar-refractivity contribution in [3.8, 4) is 0 Å². The second kappa shape index (κ2) is 5.82. The van der Waals surface area contributed by atoms with Crippen LogP contribution in [0.1, 0.15) is 30.9 Å². The van der Waals surface area contributed by atoms with Crippen molar-refractivity contribution in [2.75, 3.05) is 26.2 Å². The molecule has 0 unspecified atom stereocenters. The first kappa shape index (κ1) is 14.0. The van der Waals surface area contributed by atoms with Gasteiger partial charge in [0.05, 0.1) is 12.6 Å². The summed E-state index contributed by atoms with van der Waals surface area (Å²) in [5.74, 6) is 0. The molecule has 0 aliphatic carbocycles. The topological polar surface area (TPSA) is 55.7 Å². The molecule has 0 bridgehead atoms. The van der Waals surface area contributed by atoms with Crippen molar-refractivity contribution in [1.82, 2.24) is 10.2 Å². The summed E-state index contributed by atoms with van der Waals surface area (Å²) in [6.45, 7) is 2.39. The van der Waals surface area contributed by atoms with Crippen molar-refractivity contribution in [3.05, 3.63) is 35.9 Å². The van der Waals surface area contributed by atoms with Crippen molar-refractivity contribution in [2.45, 2.75) is 36.9 Å². The Morgan fingerprint density at radius 2 is 2.00 bits per heavy atom. The van der Waals surface area contributed by atoms with E-state index in [1.807, 2.05) is 18.2 Å². The van der Waals surface area contributed by atoms with Crippen molar-refractivity contribution in [2.24, 2.45) is 0 Å². The Hall–Kier alpha value is -0.940. The summed E-state index contributed by atoms with van der Waals surface area (Å²) >= 11 is 0. The highest BCUT2D eigenvalue weighted by Gasteiger charge is 2.47. The maximum absolute atomic E-state index is 10.7. The number of piperidine rings is 1. The molecular formula is C16H24N2O2. The predicted octanol–water partition coefficient (Wildman–Crippen LogP) is 0.909. The van der Waals surface area contributed by atoms with Crippen molar-refractivity contribution in [1.29, 1.82) is 0 Å². The second-order valence-electron chi connectivity index (χ2n) is 6.07. The van der Waals surface area contributed by atoms with Crippen LogP contribution in [0.15, 0.2) is 30.3 Å². The van der Waals surface area contributed by atoms with Crippen molar-refractivity contribution in [3.63, 3.8) is 0 Å². The van der Waals surface area contributed by atoms with Gasteiger partial charge in [-0.1, -0.05) is 36.8 Å². The maximum Gasteiger partial charge on any atom is 0.105 e. The zero-order valence-electron chi connectivity index (χ0n) is 11.8. The zero-order chi connectivity index (χ0) is 14.0. The number of nitrogens with zero attached hydrogens (tertiary/aromatic N) is 1. The Morgan fingerprint density at radius 3 is 2.60 bits per heavy atom. The van der Waals surface area contributed by atoms with E-state index >= 15 is 0 Å². The summed E-state index contributed by atoms with van der Waals surface area (Å²) in [4.78, 5) is 2.32. The van der Waals surface area contributed by atoms with E-state index in [0.717, 1.165) is 31.4 Å². The number of aliphatic hydroxyl groups excluding tert-OH is 1. The largest absolute Gasteiger partial charge is 0.394 e. The van der Waals surface area contributed by atoms with Crippen LogP contribution in [0, 0.1) is 0 Å². The van der Waals surface area contributed by atoms with E-state index in [2.05, 4.69) is 22.3 Å². The van der Waals surface area contributed by atoms with E-state index < -0.39 is 5.60 Å². The van der Waals surface area contributed by atoms with Crippen LogP contribution in [0.3, 0.4) is 0 Å². The van der Waals surface area contributed by atoms with Crippen LogP contribution >= 0.6 is 0 Å². The fourth-order valence-corrected chi connectivity index (χ4v) is 3.60. The number of aliphatic hydroxyl groups is 2. The van der Waals surface area contributed by atoms with Gasteiger partial charge in [-0.15, -0.1) is 0 Å². The maximum atomic E-state index is 10.7. The minimum Gasteiger partial charge on any atom is -0.394 e. The molecule has 0 radical (unpaired) electrons. The van der Waals surface area contributed by atoms with Gasteiger partial charge in [-0.25, -0.2) is 0 Å². The Balaban J connectivity index is 1.84. The van der Waals surface area contributed by atoms with Crippen LogP contribution in [-0.4, -0.2) is 53.0 Å². The molecule has 2 saturated heterocycles. The van der Waals surface area contributed by atoms with Gasteiger partial charge in [-0.05, 0) is 24.9 Å². The predicted molar refractivity (Wildman–Crippen MR) is 78.4 cm³/mol. The quantitative estimate of drug-likeness (QED) is 0.765. The number of likely N-dealkylation sites (tertiary alicyclic amines) is 1. The van der Waals surface area contributed by atoms with E-state index in [1.165, 1.54) is 0 Å². The highest BCUT2D eigenvalue weighted by atomic mass is 16.3. The van der Waals surface area contributed by atoms with E-state index in [9.17, 15) is 10.2 Å². The molecule has 4 heteroatoms. The van der Waals surface area contributed by atoms with Crippen molar-refractivity contribution >= 4 is 0 Å². The van der Waals surface area contributed by atoms with Crippen molar-refractivity contribution < 1.29 is 10.2 Å². The molecular weight excluding hydrogens is 252 g/mol. The molecule has 110 valence electrons. The third kappa shape index (κ3) is 2.49. The summed E-state index contributed by atoms with van der Waals surface area (Å²) in [7, 11) is 0. The van der Waals surface area contributed by atoms with Gasteiger partial charge >= 0.3 is 0 Å². The summed E-state index contributed by atoms with van der Waals surface area (Å²) in [5, 5.41) is 23.8. The molecule has 3 rings (SSSR count). The van der Waals surface area contributed by atoms with E-state index in [0.29, 0.717) is 13.1 Å². The Morgan fingerprint density at radius 1 is 1.25 bits per heavy atom. The van der Waals surface area contributed by atoms with Gasteiger partial charge < -0.3 is 15.5 Å². The van der Waals surface area contributed by atoms with Crippen LogP contribution in [0.25, 0.3) is 0 Å². The van der Waals surface area contributed by atoms with Gasteiger partial charge in [0.1, 0.15) is 5.60 Å². The average molecular weight is 276 g/mol. The molecule has 4 nitrogen and oxygen atoms in total. The van der Waals surface area contributed by atoms with Gasteiger partial charge in [0.25, 0.3) is 0 Å². The zero-order valence-corrected chi connectivity index (χ0v) is 11.8. The molecule has 2 heterocycles. The molecule has 2 atom stereocenters. The molecule has 2 aliphatic rings. The van der Waals surface area contributed by atoms with Crippen LogP contribution in [0.5, 0.6) is 0 Å². The van der Waals surface area contributed by atoms with Crippen LogP contribution in [-0.2, 0) is 0 Å². The molecule has 0 saturated carbocycles. The minimum atomic E-state index is -0.622. The van der Waals surface area contributed by atoms with Crippen LogP contribution in [0.2, 0.25) is 0 Å². The van der Waals surface area contributed by atoms with Gasteiger partial charge in [-0.3, -0.25) is 4.90 Å². The first-order valence-electron chi connectivity index (χ1n) is 7.59. The highest BCUT2D eigenvalue weighted by molar-refractivity contribution is 5.20. The average Bonchev–Trinajstić information content (AvgIpc) is 2.47. The van der Waals surface area contributed by atoms with Crippen LogP contribution in [0.4, 0.5) is 0 Å². The summed E-state index contributed by atoms with van der Waals surface area (Å²) in [6, 6.07) is 10.3. The molecule has 20 heavy (non-hydrogen) atoms. The molecule has 1 aromatic carbocycles. The van der Waals surface area contributed by atoms with Gasteiger partial charge in [0.15, 0.2) is 0 Å². The van der Waals surface area contributed by atoms with Gasteiger partial charge in [0, 0.05) is 19.1 Å². The number of benzene rings is 1. The third-order valence-corrected chi connectivity index (χ3v) is 4.78. The van der Waals surface area contributed by atoms with E-state index in [-0.39, 0.29) is 18.7 Å². The van der Waals surface area contributed by atoms with Crippen LogP contribution < -0.4 is 5.32 Å². The number of nitrogens with one attached hydrogen (secondary N) is 1. The lowest BCUT2D eigenvalue weighted by Crippen LogP contribution is -2.70. The van der Waals surface area contributed by atoms with Gasteiger partial charge in [0.2, 0.25) is 0 Å². The fraction of sp³-hybridized carbons (Fsp3) is 0.625. The van der Waals surface area contributed by atoms with E-state index in [1.54, 1.807) is 0 Å². The molecule has 2 fully saturated rings. The normalized spacial score (nSPS) is 27.8. The molecule has 2 aliphatic heterocycles. The molecule has 0 spiro atoms. The number of hydrogen-bond donors (Lipinski definition) is 3. The monoisotopic (exact) mass is 276 g/mol. The fourth-order valence-electron chi connectivity index (χ4n) is 3.60. The SMILES string of the molecule is OC[C@H](c1ccccc1)N1CCCC[C@H]1C1(O)CNC1. The molecule has 0 aromatic heterocycles. The third-order valence-electron chi connectivity index (χ3n) is 4.78. The number of β-amino-alcohol motifs (C(OH)–C–C–N with tert-alkyl or cyclic N) is 1. The number of hydrogen-bond acceptors (Lipinski definition) is 4. The summed E-state index contributed by atoms with van der Waals surface area (Å²) in [6.07, 6.45) is 3.32. The Labute approximate surface area is 120 Å². The minimum absolute atomic E-state index is 0.00822. The molecule has 0 amide bonds. The number of rotatable bonds is 4. The van der Waals surface area contributed by atoms with Gasteiger partial charge in [-0.2, -0.15) is 0 Å². The molecule has 1 aromatic rings. The Kier molecular flexibility index (Phi) is 4.08. The lowest BCUT2D eigenvalue weighted by atomic mass is 9.80. The Bertz CT molecular complexity index is 433. The second-order valence-corrected chi connectivity index (χ2v) is 6.07. The smallest absolute Gasteiger partial charge is 0.105 e. The lowest BCUT2D eigenvalue weighted by Gasteiger charge is -2.52. The highest BCUT2D eigenvalue weighted by Crippen LogP contribution is 2.35.